The average molecular weight is 339 g/mol. The van der Waals surface area contributed by atoms with Gasteiger partial charge in [0.1, 0.15) is 0 Å². The van der Waals surface area contributed by atoms with Gasteiger partial charge in [0.05, 0.1) is 15.9 Å². The SMILES string of the molecule is C[C@@]1(c2ccccc2)CC[C@H](OC(=O)c2ccc([N+](=O)[O-])cc2)C1=O. The number of hydrogen-bond donors (Lipinski definition) is 0. The smallest absolute Gasteiger partial charge is 0.338 e. The molecule has 25 heavy (non-hydrogen) atoms. The van der Waals surface area contributed by atoms with Gasteiger partial charge < -0.3 is 4.74 Å². The highest BCUT2D eigenvalue weighted by molar-refractivity contribution is 5.98. The molecule has 0 heterocycles. The molecule has 0 radical (unpaired) electrons. The normalized spacial score (nSPS) is 22.6. The van der Waals surface area contributed by atoms with E-state index in [1.165, 1.54) is 24.3 Å². The number of ether oxygens (including phenoxy) is 1. The van der Waals surface area contributed by atoms with Gasteiger partial charge in [-0.25, -0.2) is 4.79 Å². The summed E-state index contributed by atoms with van der Waals surface area (Å²) in [6, 6.07) is 14.6. The minimum atomic E-state index is -0.798. The van der Waals surface area contributed by atoms with Crippen LogP contribution >= 0.6 is 0 Å². The molecule has 0 aromatic heterocycles. The van der Waals surface area contributed by atoms with Crippen molar-refractivity contribution < 1.29 is 19.2 Å². The number of nitro benzene ring substituents is 1. The van der Waals surface area contributed by atoms with Gasteiger partial charge in [0.25, 0.3) is 5.69 Å². The highest BCUT2D eigenvalue weighted by atomic mass is 16.6. The first kappa shape index (κ1) is 16.8. The minimum absolute atomic E-state index is 0.106. The van der Waals surface area contributed by atoms with Crippen LogP contribution in [0.5, 0.6) is 0 Å². The molecule has 128 valence electrons. The number of rotatable bonds is 4. The van der Waals surface area contributed by atoms with Gasteiger partial charge in [-0.3, -0.25) is 14.9 Å². The standard InChI is InChI=1S/C19H17NO5/c1-19(14-5-3-2-4-6-14)12-11-16(17(19)21)25-18(22)13-7-9-15(10-8-13)20(23)24/h2-10,16H,11-12H2,1H3/t16-,19-/m0/s1. The maximum Gasteiger partial charge on any atom is 0.338 e. The van der Waals surface area contributed by atoms with Crippen LogP contribution in [0.4, 0.5) is 5.69 Å². The third-order valence-electron chi connectivity index (χ3n) is 4.72. The first-order valence-corrected chi connectivity index (χ1v) is 7.97. The lowest BCUT2D eigenvalue weighted by Gasteiger charge is -2.23. The van der Waals surface area contributed by atoms with E-state index in [0.29, 0.717) is 12.8 Å². The van der Waals surface area contributed by atoms with E-state index in [2.05, 4.69) is 0 Å². The highest BCUT2D eigenvalue weighted by Gasteiger charge is 2.47. The van der Waals surface area contributed by atoms with Crippen molar-refractivity contribution in [1.29, 1.82) is 0 Å². The number of ketones is 1. The predicted octanol–water partition coefficient (Wildman–Crippen LogP) is 3.44. The first-order valence-electron chi connectivity index (χ1n) is 7.97. The van der Waals surface area contributed by atoms with Gasteiger partial charge in [-0.2, -0.15) is 0 Å². The number of esters is 1. The lowest BCUT2D eigenvalue weighted by molar-refractivity contribution is -0.384. The maximum atomic E-state index is 12.8. The van der Waals surface area contributed by atoms with E-state index < -0.39 is 22.4 Å². The summed E-state index contributed by atoms with van der Waals surface area (Å²) in [5, 5.41) is 10.7. The van der Waals surface area contributed by atoms with Crippen LogP contribution in [0.1, 0.15) is 35.7 Å². The molecule has 1 aliphatic rings. The number of non-ortho nitro benzene ring substituents is 1. The summed E-state index contributed by atoms with van der Waals surface area (Å²) >= 11 is 0. The Balaban J connectivity index is 1.72. The molecule has 2 aromatic carbocycles. The second-order valence-electron chi connectivity index (χ2n) is 6.30. The summed E-state index contributed by atoms with van der Waals surface area (Å²) in [6.07, 6.45) is 0.268. The van der Waals surface area contributed by atoms with Crippen LogP contribution in [0.25, 0.3) is 0 Å². The lowest BCUT2D eigenvalue weighted by atomic mass is 9.80. The summed E-state index contributed by atoms with van der Waals surface area (Å²) in [6.45, 7) is 1.87. The zero-order valence-corrected chi connectivity index (χ0v) is 13.7. The van der Waals surface area contributed by atoms with Crippen LogP contribution in [-0.4, -0.2) is 22.8 Å². The van der Waals surface area contributed by atoms with Gasteiger partial charge in [-0.15, -0.1) is 0 Å². The molecule has 6 heteroatoms. The van der Waals surface area contributed by atoms with Gasteiger partial charge in [0.15, 0.2) is 11.9 Å². The van der Waals surface area contributed by atoms with E-state index in [4.69, 9.17) is 4.74 Å². The third kappa shape index (κ3) is 3.15. The number of carbonyl (C=O) groups is 2. The molecule has 2 aromatic rings. The summed E-state index contributed by atoms with van der Waals surface area (Å²) in [5.41, 5.74) is 0.326. The van der Waals surface area contributed by atoms with Crippen molar-refractivity contribution in [3.05, 3.63) is 75.8 Å². The van der Waals surface area contributed by atoms with Crippen molar-refractivity contribution in [3.8, 4) is 0 Å². The molecular weight excluding hydrogens is 322 g/mol. The Morgan fingerprint density at radius 3 is 2.40 bits per heavy atom. The van der Waals surface area contributed by atoms with Crippen molar-refractivity contribution in [2.75, 3.05) is 0 Å². The van der Waals surface area contributed by atoms with Crippen molar-refractivity contribution in [2.45, 2.75) is 31.3 Å². The Labute approximate surface area is 144 Å². The van der Waals surface area contributed by atoms with E-state index in [0.717, 1.165) is 5.56 Å². The van der Waals surface area contributed by atoms with Crippen molar-refractivity contribution in [3.63, 3.8) is 0 Å². The van der Waals surface area contributed by atoms with Crippen LogP contribution in [0.15, 0.2) is 54.6 Å². The summed E-state index contributed by atoms with van der Waals surface area (Å²) in [7, 11) is 0. The fourth-order valence-electron chi connectivity index (χ4n) is 3.15. The zero-order chi connectivity index (χ0) is 18.0. The molecule has 6 nitrogen and oxygen atoms in total. The lowest BCUT2D eigenvalue weighted by Crippen LogP contribution is -2.34. The maximum absolute atomic E-state index is 12.8. The van der Waals surface area contributed by atoms with Gasteiger partial charge >= 0.3 is 5.97 Å². The molecule has 0 N–H and O–H groups in total. The van der Waals surface area contributed by atoms with Crippen LogP contribution in [0, 0.1) is 10.1 Å². The van der Waals surface area contributed by atoms with E-state index in [1.807, 2.05) is 37.3 Å². The third-order valence-corrected chi connectivity index (χ3v) is 4.72. The largest absolute Gasteiger partial charge is 0.451 e. The van der Waals surface area contributed by atoms with Gasteiger partial charge in [0, 0.05) is 12.1 Å². The van der Waals surface area contributed by atoms with E-state index in [-0.39, 0.29) is 17.0 Å². The molecule has 1 saturated carbocycles. The minimum Gasteiger partial charge on any atom is -0.451 e. The number of hydrogen-bond acceptors (Lipinski definition) is 5. The zero-order valence-electron chi connectivity index (χ0n) is 13.7. The van der Waals surface area contributed by atoms with Gasteiger partial charge in [0.2, 0.25) is 0 Å². The van der Waals surface area contributed by atoms with E-state index >= 15 is 0 Å². The molecule has 0 aliphatic heterocycles. The number of carbonyl (C=O) groups excluding carboxylic acids is 2. The predicted molar refractivity (Wildman–Crippen MR) is 90.3 cm³/mol. The second kappa shape index (κ2) is 6.47. The number of nitro groups is 1. The average Bonchev–Trinajstić information content (AvgIpc) is 2.92. The first-order chi connectivity index (χ1) is 11.9. The van der Waals surface area contributed by atoms with Crippen LogP contribution in [-0.2, 0) is 14.9 Å². The fourth-order valence-corrected chi connectivity index (χ4v) is 3.15. The summed E-state index contributed by atoms with van der Waals surface area (Å²) in [4.78, 5) is 35.1. The molecule has 0 bridgehead atoms. The molecule has 2 atom stereocenters. The molecule has 1 aliphatic carbocycles. The molecule has 1 fully saturated rings. The topological polar surface area (TPSA) is 86.5 Å². The van der Waals surface area contributed by atoms with Crippen LogP contribution < -0.4 is 0 Å². The molecular formula is C19H17NO5. The Morgan fingerprint density at radius 2 is 1.80 bits per heavy atom. The Morgan fingerprint density at radius 1 is 1.16 bits per heavy atom. The van der Waals surface area contributed by atoms with Gasteiger partial charge in [-0.1, -0.05) is 30.3 Å². The Hall–Kier alpha value is -3.02. The summed E-state index contributed by atoms with van der Waals surface area (Å²) in [5.74, 6) is -0.764. The Bertz CT molecular complexity index is 815. The number of benzene rings is 2. The molecule has 0 unspecified atom stereocenters. The molecule has 0 spiro atoms. The molecule has 3 rings (SSSR count). The quantitative estimate of drug-likeness (QED) is 0.484. The monoisotopic (exact) mass is 339 g/mol. The summed E-state index contributed by atoms with van der Waals surface area (Å²) < 4.78 is 5.37. The van der Waals surface area contributed by atoms with Crippen molar-refractivity contribution >= 4 is 17.4 Å². The second-order valence-corrected chi connectivity index (χ2v) is 6.30. The van der Waals surface area contributed by atoms with Gasteiger partial charge in [-0.05, 0) is 37.5 Å². The van der Waals surface area contributed by atoms with E-state index in [1.54, 1.807) is 0 Å². The van der Waals surface area contributed by atoms with Crippen molar-refractivity contribution in [1.82, 2.24) is 0 Å². The fraction of sp³-hybridized carbons (Fsp3) is 0.263. The number of nitrogens with zero attached hydrogens (tertiary/aromatic N) is 1. The van der Waals surface area contributed by atoms with Crippen LogP contribution in [0.3, 0.4) is 0 Å². The van der Waals surface area contributed by atoms with Crippen molar-refractivity contribution in [2.24, 2.45) is 0 Å². The molecule has 0 saturated heterocycles. The van der Waals surface area contributed by atoms with Crippen LogP contribution in [0.2, 0.25) is 0 Å². The molecule has 0 amide bonds. The number of Topliss-reactive ketones (excluding diaryl/α,β-unsaturated/α-hetero) is 1. The Kier molecular flexibility index (Phi) is 4.35. The highest BCUT2D eigenvalue weighted by Crippen LogP contribution is 2.39. The van der Waals surface area contributed by atoms with E-state index in [9.17, 15) is 19.7 Å².